The van der Waals surface area contributed by atoms with E-state index in [1.54, 1.807) is 42.5 Å². The van der Waals surface area contributed by atoms with Crippen LogP contribution in [0.25, 0.3) is 22.1 Å². The Bertz CT molecular complexity index is 931. The number of nitrogens with one attached hydrogen (secondary N) is 1. The van der Waals surface area contributed by atoms with Gasteiger partial charge in [0.25, 0.3) is 0 Å². The lowest BCUT2D eigenvalue weighted by atomic mass is 10.1. The number of hydrogen-bond donors (Lipinski definition) is 1. The molecule has 22 heavy (non-hydrogen) atoms. The van der Waals surface area contributed by atoms with E-state index < -0.39 is 5.63 Å². The fourth-order valence-electron chi connectivity index (χ4n) is 2.26. The van der Waals surface area contributed by atoms with Gasteiger partial charge in [-0.05, 0) is 24.3 Å². The molecule has 0 atom stereocenters. The van der Waals surface area contributed by atoms with Crippen LogP contribution in [0.1, 0.15) is 6.92 Å². The van der Waals surface area contributed by atoms with Gasteiger partial charge < -0.3 is 9.73 Å². The first-order chi connectivity index (χ1) is 10.5. The normalized spacial score (nSPS) is 10.6. The molecule has 4 nitrogen and oxygen atoms in total. The van der Waals surface area contributed by atoms with Crippen LogP contribution in [0.2, 0.25) is 5.02 Å². The van der Waals surface area contributed by atoms with Gasteiger partial charge in [-0.2, -0.15) is 0 Å². The average molecular weight is 314 g/mol. The highest BCUT2D eigenvalue weighted by Gasteiger charge is 2.11. The summed E-state index contributed by atoms with van der Waals surface area (Å²) in [5, 5.41) is 3.89. The van der Waals surface area contributed by atoms with Crippen LogP contribution in [-0.2, 0) is 4.79 Å². The summed E-state index contributed by atoms with van der Waals surface area (Å²) < 4.78 is 5.36. The van der Waals surface area contributed by atoms with Crippen molar-refractivity contribution in [3.8, 4) is 11.1 Å². The maximum atomic E-state index is 12.2. The molecule has 0 unspecified atom stereocenters. The highest BCUT2D eigenvalue weighted by Crippen LogP contribution is 2.28. The van der Waals surface area contributed by atoms with Gasteiger partial charge in [-0.15, -0.1) is 0 Å². The monoisotopic (exact) mass is 313 g/mol. The highest BCUT2D eigenvalue weighted by atomic mass is 35.5. The van der Waals surface area contributed by atoms with Crippen molar-refractivity contribution in [2.75, 3.05) is 5.32 Å². The Morgan fingerprint density at radius 1 is 1.09 bits per heavy atom. The van der Waals surface area contributed by atoms with Crippen molar-refractivity contribution in [2.45, 2.75) is 6.92 Å². The summed E-state index contributed by atoms with van der Waals surface area (Å²) in [4.78, 5) is 23.3. The van der Waals surface area contributed by atoms with Crippen LogP contribution in [0, 0.1) is 0 Å². The summed E-state index contributed by atoms with van der Waals surface area (Å²) in [7, 11) is 0. The van der Waals surface area contributed by atoms with Crippen LogP contribution in [0.3, 0.4) is 0 Å². The van der Waals surface area contributed by atoms with Crippen molar-refractivity contribution in [1.82, 2.24) is 0 Å². The van der Waals surface area contributed by atoms with Crippen molar-refractivity contribution >= 4 is 34.2 Å². The maximum absolute atomic E-state index is 12.2. The van der Waals surface area contributed by atoms with Crippen LogP contribution < -0.4 is 10.9 Å². The summed E-state index contributed by atoms with van der Waals surface area (Å²) in [6, 6.07) is 14.0. The molecule has 0 saturated heterocycles. The van der Waals surface area contributed by atoms with Crippen LogP contribution in [0.15, 0.2) is 57.7 Å². The van der Waals surface area contributed by atoms with Crippen LogP contribution >= 0.6 is 11.6 Å². The Hall–Kier alpha value is -2.59. The standard InChI is InChI=1S/C17H12ClNO3/c1-10(20)19-12-7-6-11-8-14(17(21)22-16(11)9-12)13-4-2-3-5-15(13)18/h2-9H,1H3,(H,19,20). The van der Waals surface area contributed by atoms with Crippen molar-refractivity contribution < 1.29 is 9.21 Å². The minimum Gasteiger partial charge on any atom is -0.422 e. The Morgan fingerprint density at radius 3 is 2.59 bits per heavy atom. The van der Waals surface area contributed by atoms with E-state index in [-0.39, 0.29) is 5.91 Å². The van der Waals surface area contributed by atoms with E-state index in [1.165, 1.54) is 6.92 Å². The van der Waals surface area contributed by atoms with Gasteiger partial charge in [0.05, 0.1) is 5.56 Å². The number of anilines is 1. The third-order valence-corrected chi connectivity index (χ3v) is 3.55. The van der Waals surface area contributed by atoms with E-state index >= 15 is 0 Å². The molecule has 1 heterocycles. The minimum absolute atomic E-state index is 0.186. The average Bonchev–Trinajstić information content (AvgIpc) is 2.47. The molecule has 2 aromatic carbocycles. The molecular weight excluding hydrogens is 302 g/mol. The van der Waals surface area contributed by atoms with Crippen molar-refractivity contribution in [1.29, 1.82) is 0 Å². The predicted molar refractivity (Wildman–Crippen MR) is 87.2 cm³/mol. The number of halogens is 1. The van der Waals surface area contributed by atoms with Gasteiger partial charge in [-0.1, -0.05) is 29.8 Å². The summed E-state index contributed by atoms with van der Waals surface area (Å²) >= 11 is 6.14. The minimum atomic E-state index is -0.472. The molecule has 0 radical (unpaired) electrons. The molecule has 0 fully saturated rings. The maximum Gasteiger partial charge on any atom is 0.344 e. The fraction of sp³-hybridized carbons (Fsp3) is 0.0588. The summed E-state index contributed by atoms with van der Waals surface area (Å²) in [6.07, 6.45) is 0. The molecule has 1 amide bonds. The molecule has 0 bridgehead atoms. The summed E-state index contributed by atoms with van der Waals surface area (Å²) in [5.74, 6) is -0.186. The zero-order valence-corrected chi connectivity index (χ0v) is 12.5. The van der Waals surface area contributed by atoms with Gasteiger partial charge in [-0.3, -0.25) is 4.79 Å². The molecule has 110 valence electrons. The zero-order valence-electron chi connectivity index (χ0n) is 11.7. The fourth-order valence-corrected chi connectivity index (χ4v) is 2.50. The first kappa shape index (κ1) is 14.4. The molecular formula is C17H12ClNO3. The lowest BCUT2D eigenvalue weighted by Gasteiger charge is -2.06. The molecule has 3 aromatic rings. The summed E-state index contributed by atoms with van der Waals surface area (Å²) in [6.45, 7) is 1.42. The number of carbonyl (C=O) groups excluding carboxylic acids is 1. The third-order valence-electron chi connectivity index (χ3n) is 3.22. The molecule has 0 spiro atoms. The van der Waals surface area contributed by atoms with Crippen molar-refractivity contribution in [3.05, 3.63) is 64.0 Å². The first-order valence-electron chi connectivity index (χ1n) is 6.65. The zero-order chi connectivity index (χ0) is 15.7. The number of rotatable bonds is 2. The number of benzene rings is 2. The van der Waals surface area contributed by atoms with Crippen molar-refractivity contribution in [2.24, 2.45) is 0 Å². The number of amides is 1. The molecule has 3 rings (SSSR count). The first-order valence-corrected chi connectivity index (χ1v) is 7.03. The van der Waals surface area contributed by atoms with E-state index in [0.717, 1.165) is 5.39 Å². The molecule has 0 aliphatic carbocycles. The predicted octanol–water partition coefficient (Wildman–Crippen LogP) is 4.07. The SMILES string of the molecule is CC(=O)Nc1ccc2cc(-c3ccccc3Cl)c(=O)oc2c1. The highest BCUT2D eigenvalue weighted by molar-refractivity contribution is 6.33. The number of fused-ring (bicyclic) bond motifs is 1. The molecule has 1 aromatic heterocycles. The number of hydrogen-bond acceptors (Lipinski definition) is 3. The second kappa shape index (κ2) is 5.66. The van der Waals surface area contributed by atoms with Crippen LogP contribution in [0.5, 0.6) is 0 Å². The molecule has 0 saturated carbocycles. The van der Waals surface area contributed by atoms with Crippen LogP contribution in [-0.4, -0.2) is 5.91 Å². The Balaban J connectivity index is 2.16. The van der Waals surface area contributed by atoms with Gasteiger partial charge in [0.1, 0.15) is 5.58 Å². The van der Waals surface area contributed by atoms with E-state index in [0.29, 0.717) is 27.4 Å². The van der Waals surface area contributed by atoms with E-state index in [4.69, 9.17) is 16.0 Å². The second-order valence-corrected chi connectivity index (χ2v) is 5.27. The molecule has 0 aliphatic heterocycles. The Labute approximate surface area is 131 Å². The second-order valence-electron chi connectivity index (χ2n) is 4.86. The van der Waals surface area contributed by atoms with Gasteiger partial charge in [0.15, 0.2) is 0 Å². The Morgan fingerprint density at radius 2 is 1.86 bits per heavy atom. The van der Waals surface area contributed by atoms with Gasteiger partial charge in [0, 0.05) is 34.6 Å². The van der Waals surface area contributed by atoms with E-state index in [2.05, 4.69) is 5.32 Å². The molecule has 5 heteroatoms. The van der Waals surface area contributed by atoms with E-state index in [9.17, 15) is 9.59 Å². The smallest absolute Gasteiger partial charge is 0.344 e. The quantitative estimate of drug-likeness (QED) is 0.725. The number of carbonyl (C=O) groups is 1. The molecule has 1 N–H and O–H groups in total. The summed E-state index contributed by atoms with van der Waals surface area (Å²) in [5.41, 5.74) is 1.55. The molecule has 0 aliphatic rings. The topological polar surface area (TPSA) is 59.3 Å². The largest absolute Gasteiger partial charge is 0.422 e. The van der Waals surface area contributed by atoms with Gasteiger partial charge >= 0.3 is 5.63 Å². The lowest BCUT2D eigenvalue weighted by molar-refractivity contribution is -0.114. The van der Waals surface area contributed by atoms with Gasteiger partial charge in [-0.25, -0.2) is 4.79 Å². The lowest BCUT2D eigenvalue weighted by Crippen LogP contribution is -2.06. The van der Waals surface area contributed by atoms with Crippen LogP contribution in [0.4, 0.5) is 5.69 Å². The Kier molecular flexibility index (Phi) is 3.69. The van der Waals surface area contributed by atoms with E-state index in [1.807, 2.05) is 6.07 Å². The third kappa shape index (κ3) is 2.73. The van der Waals surface area contributed by atoms with Crippen molar-refractivity contribution in [3.63, 3.8) is 0 Å². The van der Waals surface area contributed by atoms with Gasteiger partial charge in [0.2, 0.25) is 5.91 Å².